The van der Waals surface area contributed by atoms with Crippen molar-refractivity contribution >= 4 is 46.6 Å². The quantitative estimate of drug-likeness (QED) is 0.382. The van der Waals surface area contributed by atoms with Crippen LogP contribution in [-0.2, 0) is 5.67 Å². The molecule has 7 nitrogen and oxygen atoms in total. The van der Waals surface area contributed by atoms with Gasteiger partial charge in [0.15, 0.2) is 0 Å². The number of alkyl halides is 7. The van der Waals surface area contributed by atoms with Gasteiger partial charge in [-0.15, -0.1) is 0 Å². The number of rotatable bonds is 5. The van der Waals surface area contributed by atoms with Crippen molar-refractivity contribution in [2.75, 3.05) is 41.3 Å². The second-order valence-electron chi connectivity index (χ2n) is 7.87. The summed E-state index contributed by atoms with van der Waals surface area (Å²) in [5, 5.41) is 2.93. The number of hydrogen-bond donors (Lipinski definition) is 1. The molecule has 37 heavy (non-hydrogen) atoms. The summed E-state index contributed by atoms with van der Waals surface area (Å²) < 4.78 is 92.0. The highest BCUT2D eigenvalue weighted by Crippen LogP contribution is 2.53. The fraction of sp³-hybridized carbons (Fsp3) is 0.333. The molecular formula is C21H16Cl2F7N7. The van der Waals surface area contributed by atoms with E-state index in [-0.39, 0.29) is 22.9 Å². The average Bonchev–Trinajstić information content (AvgIpc) is 2.83. The van der Waals surface area contributed by atoms with Crippen LogP contribution in [0.25, 0.3) is 0 Å². The van der Waals surface area contributed by atoms with Gasteiger partial charge in [0.2, 0.25) is 17.2 Å². The van der Waals surface area contributed by atoms with E-state index >= 15 is 0 Å². The zero-order valence-electron chi connectivity index (χ0n) is 18.5. The molecule has 0 saturated carbocycles. The molecule has 1 saturated heterocycles. The summed E-state index contributed by atoms with van der Waals surface area (Å²) in [6.07, 6.45) is -10.8. The fourth-order valence-electron chi connectivity index (χ4n) is 3.67. The summed E-state index contributed by atoms with van der Waals surface area (Å²) in [7, 11) is 0. The van der Waals surface area contributed by atoms with E-state index in [4.69, 9.17) is 23.2 Å². The molecule has 0 atom stereocenters. The van der Waals surface area contributed by atoms with Crippen molar-refractivity contribution in [1.82, 2.24) is 19.9 Å². The second-order valence-corrected chi connectivity index (χ2v) is 8.61. The van der Waals surface area contributed by atoms with Gasteiger partial charge in [-0.25, -0.2) is 9.37 Å². The first-order chi connectivity index (χ1) is 17.3. The van der Waals surface area contributed by atoms with Gasteiger partial charge >= 0.3 is 18.0 Å². The molecule has 0 aliphatic carbocycles. The number of nitrogens with zero attached hydrogens (tertiary/aromatic N) is 6. The molecule has 0 unspecified atom stereocenters. The van der Waals surface area contributed by atoms with Crippen molar-refractivity contribution in [3.8, 4) is 0 Å². The molecule has 2 aromatic heterocycles. The van der Waals surface area contributed by atoms with E-state index in [2.05, 4.69) is 25.3 Å². The number of anilines is 4. The first kappa shape index (κ1) is 26.9. The van der Waals surface area contributed by atoms with E-state index < -0.39 is 23.6 Å². The van der Waals surface area contributed by atoms with E-state index in [0.717, 1.165) is 12.1 Å². The lowest BCUT2D eigenvalue weighted by Crippen LogP contribution is -2.50. The second kappa shape index (κ2) is 9.97. The van der Waals surface area contributed by atoms with Gasteiger partial charge in [0.05, 0.1) is 5.02 Å². The maximum atomic E-state index is 14.2. The Morgan fingerprint density at radius 3 is 1.92 bits per heavy atom. The molecule has 198 valence electrons. The Kier molecular flexibility index (Phi) is 7.25. The van der Waals surface area contributed by atoms with Gasteiger partial charge in [-0.1, -0.05) is 23.7 Å². The standard InChI is InChI=1S/C21H16Cl2F7N7/c22-14-2-1-7-31-15(14)36-8-10-37(11-9-36)18-34-16(23)33-17(35-18)32-13-5-3-12(4-6-13)19(24,20(25,26)27)21(28,29)30/h1-7H,8-11H2,(H,32,33,34,35). The molecule has 16 heteroatoms. The van der Waals surface area contributed by atoms with Gasteiger partial charge in [-0.05, 0) is 35.9 Å². The van der Waals surface area contributed by atoms with Crippen LogP contribution >= 0.6 is 23.2 Å². The molecule has 0 amide bonds. The number of aromatic nitrogens is 4. The van der Waals surface area contributed by atoms with Crippen LogP contribution in [0.1, 0.15) is 5.56 Å². The van der Waals surface area contributed by atoms with Crippen LogP contribution in [-0.4, -0.2) is 58.5 Å². The summed E-state index contributed by atoms with van der Waals surface area (Å²) in [5.74, 6) is 0.718. The molecule has 1 aromatic carbocycles. The SMILES string of the molecule is FC(F)(F)C(F)(c1ccc(Nc2nc(Cl)nc(N3CCN(c4ncccc4Cl)CC3)n2)cc1)C(F)(F)F. The Bertz CT molecular complexity index is 1230. The number of piperazine rings is 1. The van der Waals surface area contributed by atoms with Gasteiger partial charge in [0.25, 0.3) is 0 Å². The molecule has 1 N–H and O–H groups in total. The number of pyridine rings is 1. The van der Waals surface area contributed by atoms with Crippen molar-refractivity contribution in [3.63, 3.8) is 0 Å². The molecule has 1 aliphatic heterocycles. The van der Waals surface area contributed by atoms with Crippen LogP contribution < -0.4 is 15.1 Å². The van der Waals surface area contributed by atoms with Gasteiger partial charge in [-0.2, -0.15) is 41.3 Å². The third-order valence-corrected chi connectivity index (χ3v) is 5.98. The van der Waals surface area contributed by atoms with Crippen LogP contribution in [0.15, 0.2) is 42.6 Å². The summed E-state index contributed by atoms with van der Waals surface area (Å²) in [4.78, 5) is 20.3. The summed E-state index contributed by atoms with van der Waals surface area (Å²) in [6.45, 7) is 2.00. The maximum absolute atomic E-state index is 14.2. The smallest absolute Gasteiger partial charge is 0.352 e. The lowest BCUT2D eigenvalue weighted by atomic mass is 9.94. The predicted molar refractivity (Wildman–Crippen MR) is 123 cm³/mol. The van der Waals surface area contributed by atoms with Crippen LogP contribution in [0, 0.1) is 0 Å². The van der Waals surface area contributed by atoms with Crippen LogP contribution in [0.4, 0.5) is 54.1 Å². The van der Waals surface area contributed by atoms with E-state index in [0.29, 0.717) is 49.2 Å². The van der Waals surface area contributed by atoms with Crippen LogP contribution in [0.2, 0.25) is 10.3 Å². The third kappa shape index (κ3) is 5.44. The molecule has 0 spiro atoms. The van der Waals surface area contributed by atoms with Crippen LogP contribution in [0.3, 0.4) is 0 Å². The van der Waals surface area contributed by atoms with Crippen molar-refractivity contribution < 1.29 is 30.7 Å². The van der Waals surface area contributed by atoms with Gasteiger partial charge in [0, 0.05) is 43.6 Å². The van der Waals surface area contributed by atoms with E-state index in [1.54, 1.807) is 23.2 Å². The minimum Gasteiger partial charge on any atom is -0.352 e. The summed E-state index contributed by atoms with van der Waals surface area (Å²) >= 11 is 12.2. The maximum Gasteiger partial charge on any atom is 0.435 e. The Hall–Kier alpha value is -3.13. The van der Waals surface area contributed by atoms with Gasteiger partial charge < -0.3 is 15.1 Å². The molecule has 3 heterocycles. The summed E-state index contributed by atoms with van der Waals surface area (Å²) in [6, 6.07) is 5.90. The molecule has 3 aromatic rings. The first-order valence-electron chi connectivity index (χ1n) is 10.5. The van der Waals surface area contributed by atoms with E-state index in [9.17, 15) is 30.7 Å². The highest BCUT2D eigenvalue weighted by atomic mass is 35.5. The first-order valence-corrected chi connectivity index (χ1v) is 11.3. The minimum absolute atomic E-state index is 0.00159. The number of halogens is 9. The van der Waals surface area contributed by atoms with Crippen molar-refractivity contribution in [2.45, 2.75) is 18.0 Å². The minimum atomic E-state index is -6.21. The highest BCUT2D eigenvalue weighted by Gasteiger charge is 2.73. The largest absolute Gasteiger partial charge is 0.435 e. The number of nitrogens with one attached hydrogen (secondary N) is 1. The lowest BCUT2D eigenvalue weighted by Gasteiger charge is -2.35. The van der Waals surface area contributed by atoms with Crippen LogP contribution in [0.5, 0.6) is 0 Å². The molecule has 4 rings (SSSR count). The zero-order chi connectivity index (χ0) is 27.0. The monoisotopic (exact) mass is 569 g/mol. The summed E-state index contributed by atoms with van der Waals surface area (Å²) in [5.41, 5.74) is -7.14. The van der Waals surface area contributed by atoms with E-state index in [1.807, 2.05) is 4.90 Å². The average molecular weight is 570 g/mol. The molecular weight excluding hydrogens is 554 g/mol. The molecule has 0 radical (unpaired) electrons. The fourth-order valence-corrected chi connectivity index (χ4v) is 4.06. The van der Waals surface area contributed by atoms with Gasteiger partial charge in [-0.3, -0.25) is 0 Å². The van der Waals surface area contributed by atoms with Crippen molar-refractivity contribution in [1.29, 1.82) is 0 Å². The van der Waals surface area contributed by atoms with Crippen molar-refractivity contribution in [3.05, 3.63) is 58.5 Å². The molecule has 1 fully saturated rings. The highest BCUT2D eigenvalue weighted by molar-refractivity contribution is 6.32. The topological polar surface area (TPSA) is 70.1 Å². The van der Waals surface area contributed by atoms with E-state index in [1.165, 1.54) is 0 Å². The Morgan fingerprint density at radius 1 is 0.757 bits per heavy atom. The predicted octanol–water partition coefficient (Wildman–Crippen LogP) is 5.93. The third-order valence-electron chi connectivity index (χ3n) is 5.52. The zero-order valence-corrected chi connectivity index (χ0v) is 20.0. The number of hydrogen-bond acceptors (Lipinski definition) is 7. The Labute approximate surface area is 215 Å². The Morgan fingerprint density at radius 2 is 1.35 bits per heavy atom. The lowest BCUT2D eigenvalue weighted by molar-refractivity contribution is -0.348. The van der Waals surface area contributed by atoms with Crippen molar-refractivity contribution in [2.24, 2.45) is 0 Å². The molecule has 0 bridgehead atoms. The molecule has 1 aliphatic rings. The Balaban J connectivity index is 1.49. The normalized spacial score (nSPS) is 15.2. The van der Waals surface area contributed by atoms with Gasteiger partial charge in [0.1, 0.15) is 5.82 Å². The number of benzene rings is 1.